The lowest BCUT2D eigenvalue weighted by molar-refractivity contribution is -0.139. The Hall–Kier alpha value is -2.66. The first-order chi connectivity index (χ1) is 12.2. The molecule has 2 aromatic rings. The van der Waals surface area contributed by atoms with Gasteiger partial charge in [-0.3, -0.25) is 14.5 Å². The van der Waals surface area contributed by atoms with E-state index in [-0.39, 0.29) is 18.2 Å². The molecule has 1 saturated heterocycles. The van der Waals surface area contributed by atoms with Gasteiger partial charge in [-0.1, -0.05) is 48.5 Å². The Morgan fingerprint density at radius 3 is 2.56 bits per heavy atom. The van der Waals surface area contributed by atoms with Gasteiger partial charge in [0.2, 0.25) is 11.8 Å². The van der Waals surface area contributed by atoms with E-state index in [4.69, 9.17) is 4.74 Å². The van der Waals surface area contributed by atoms with Crippen LogP contribution in [0.1, 0.15) is 24.5 Å². The molecule has 1 heterocycles. The molecule has 0 aliphatic carbocycles. The number of amides is 2. The summed E-state index contributed by atoms with van der Waals surface area (Å²) < 4.78 is 5.60. The van der Waals surface area contributed by atoms with Gasteiger partial charge in [-0.15, -0.1) is 0 Å². The van der Waals surface area contributed by atoms with Gasteiger partial charge in [0.1, 0.15) is 5.75 Å². The second-order valence-electron chi connectivity index (χ2n) is 5.98. The third kappa shape index (κ3) is 4.06. The van der Waals surface area contributed by atoms with Gasteiger partial charge in [0.15, 0.2) is 0 Å². The molecule has 1 unspecified atom stereocenters. The minimum Gasteiger partial charge on any atom is -0.494 e. The van der Waals surface area contributed by atoms with Gasteiger partial charge in [-0.25, -0.2) is 0 Å². The molecule has 25 heavy (non-hydrogen) atoms. The first kappa shape index (κ1) is 17.2. The van der Waals surface area contributed by atoms with Crippen LogP contribution in [0.2, 0.25) is 0 Å². The maximum atomic E-state index is 12.6. The summed E-state index contributed by atoms with van der Waals surface area (Å²) in [6.45, 7) is 3.33. The van der Waals surface area contributed by atoms with Crippen molar-refractivity contribution in [3.63, 3.8) is 0 Å². The van der Waals surface area contributed by atoms with E-state index in [0.717, 1.165) is 16.9 Å². The molecular formula is C20H22N2O3. The number of ether oxygens (including phenoxy) is 1. The molecule has 0 bridgehead atoms. The first-order valence-electron chi connectivity index (χ1n) is 8.51. The molecule has 0 saturated carbocycles. The fraction of sp³-hybridized carbons (Fsp3) is 0.300. The van der Waals surface area contributed by atoms with Crippen LogP contribution in [0.15, 0.2) is 54.6 Å². The molecule has 1 fully saturated rings. The van der Waals surface area contributed by atoms with Crippen molar-refractivity contribution in [2.75, 3.05) is 6.61 Å². The maximum Gasteiger partial charge on any atom is 0.247 e. The number of carbonyl (C=O) groups excluding carboxylic acids is 2. The third-order valence-electron chi connectivity index (χ3n) is 4.24. The SMILES string of the molecule is CCOc1ccccc1CNC1CC(=O)N(Cc2ccccc2)C1=O. The quantitative estimate of drug-likeness (QED) is 0.788. The zero-order valence-corrected chi connectivity index (χ0v) is 14.3. The van der Waals surface area contributed by atoms with Gasteiger partial charge in [-0.05, 0) is 18.6 Å². The summed E-state index contributed by atoms with van der Waals surface area (Å²) in [6, 6.07) is 16.8. The number of nitrogens with one attached hydrogen (secondary N) is 1. The van der Waals surface area contributed by atoms with E-state index in [1.54, 1.807) is 0 Å². The predicted octanol–water partition coefficient (Wildman–Crippen LogP) is 2.50. The van der Waals surface area contributed by atoms with Crippen molar-refractivity contribution in [2.45, 2.75) is 32.5 Å². The van der Waals surface area contributed by atoms with E-state index >= 15 is 0 Å². The zero-order chi connectivity index (χ0) is 17.6. The van der Waals surface area contributed by atoms with Crippen LogP contribution in [-0.4, -0.2) is 29.4 Å². The summed E-state index contributed by atoms with van der Waals surface area (Å²) in [4.78, 5) is 26.1. The predicted molar refractivity (Wildman–Crippen MR) is 94.9 cm³/mol. The molecule has 1 N–H and O–H groups in total. The number of hydrogen-bond donors (Lipinski definition) is 1. The van der Waals surface area contributed by atoms with Gasteiger partial charge in [-0.2, -0.15) is 0 Å². The van der Waals surface area contributed by atoms with E-state index in [9.17, 15) is 9.59 Å². The van der Waals surface area contributed by atoms with Gasteiger partial charge in [0, 0.05) is 12.1 Å². The molecule has 2 amide bonds. The Labute approximate surface area is 147 Å². The van der Waals surface area contributed by atoms with Crippen LogP contribution < -0.4 is 10.1 Å². The van der Waals surface area contributed by atoms with Crippen LogP contribution in [0, 0.1) is 0 Å². The smallest absolute Gasteiger partial charge is 0.247 e. The van der Waals surface area contributed by atoms with Crippen molar-refractivity contribution in [2.24, 2.45) is 0 Å². The van der Waals surface area contributed by atoms with Crippen molar-refractivity contribution in [3.8, 4) is 5.75 Å². The van der Waals surface area contributed by atoms with Crippen LogP contribution in [0.25, 0.3) is 0 Å². The summed E-state index contributed by atoms with van der Waals surface area (Å²) in [5.41, 5.74) is 1.93. The van der Waals surface area contributed by atoms with Crippen molar-refractivity contribution in [1.29, 1.82) is 0 Å². The van der Waals surface area contributed by atoms with E-state index in [1.807, 2.05) is 61.5 Å². The minimum atomic E-state index is -0.481. The Kier molecular flexibility index (Phi) is 5.46. The molecular weight excluding hydrogens is 316 g/mol. The molecule has 5 nitrogen and oxygen atoms in total. The average Bonchev–Trinajstić information content (AvgIpc) is 2.90. The molecule has 1 atom stereocenters. The Balaban J connectivity index is 1.63. The van der Waals surface area contributed by atoms with E-state index in [0.29, 0.717) is 19.7 Å². The van der Waals surface area contributed by atoms with E-state index < -0.39 is 6.04 Å². The summed E-state index contributed by atoms with van der Waals surface area (Å²) in [6.07, 6.45) is 0.197. The summed E-state index contributed by atoms with van der Waals surface area (Å²) in [7, 11) is 0. The van der Waals surface area contributed by atoms with Crippen LogP contribution >= 0.6 is 0 Å². The van der Waals surface area contributed by atoms with E-state index in [2.05, 4.69) is 5.32 Å². The molecule has 5 heteroatoms. The molecule has 1 aliphatic rings. The fourth-order valence-corrected chi connectivity index (χ4v) is 2.95. The minimum absolute atomic E-state index is 0.135. The van der Waals surface area contributed by atoms with E-state index in [1.165, 1.54) is 4.90 Å². The average molecular weight is 338 g/mol. The highest BCUT2D eigenvalue weighted by molar-refractivity contribution is 6.05. The molecule has 2 aromatic carbocycles. The second kappa shape index (κ2) is 7.94. The van der Waals surface area contributed by atoms with Crippen molar-refractivity contribution < 1.29 is 14.3 Å². The largest absolute Gasteiger partial charge is 0.494 e. The highest BCUT2D eigenvalue weighted by Gasteiger charge is 2.38. The van der Waals surface area contributed by atoms with Gasteiger partial charge in [0.25, 0.3) is 0 Å². The summed E-state index contributed by atoms with van der Waals surface area (Å²) in [5.74, 6) is 0.502. The number of benzene rings is 2. The van der Waals surface area contributed by atoms with Gasteiger partial charge in [0.05, 0.1) is 25.6 Å². The topological polar surface area (TPSA) is 58.6 Å². The molecule has 0 radical (unpaired) electrons. The van der Waals surface area contributed by atoms with Gasteiger partial charge < -0.3 is 10.1 Å². The van der Waals surface area contributed by atoms with Gasteiger partial charge >= 0.3 is 0 Å². The van der Waals surface area contributed by atoms with Crippen molar-refractivity contribution in [3.05, 3.63) is 65.7 Å². The lowest BCUT2D eigenvalue weighted by Gasteiger charge is -2.16. The monoisotopic (exact) mass is 338 g/mol. The first-order valence-corrected chi connectivity index (χ1v) is 8.51. The fourth-order valence-electron chi connectivity index (χ4n) is 2.95. The summed E-state index contributed by atoms with van der Waals surface area (Å²) in [5, 5.41) is 3.20. The third-order valence-corrected chi connectivity index (χ3v) is 4.24. The van der Waals surface area contributed by atoms with Crippen LogP contribution in [0.3, 0.4) is 0 Å². The normalized spacial score (nSPS) is 17.2. The molecule has 0 aromatic heterocycles. The maximum absolute atomic E-state index is 12.6. The molecule has 1 aliphatic heterocycles. The van der Waals surface area contributed by atoms with Crippen molar-refractivity contribution >= 4 is 11.8 Å². The number of likely N-dealkylation sites (tertiary alicyclic amines) is 1. The number of imide groups is 1. The Morgan fingerprint density at radius 1 is 1.08 bits per heavy atom. The Bertz CT molecular complexity index is 746. The lowest BCUT2D eigenvalue weighted by Crippen LogP contribution is -2.38. The standard InChI is InChI=1S/C20H22N2O3/c1-2-25-18-11-7-6-10-16(18)13-21-17-12-19(23)22(20(17)24)14-15-8-4-3-5-9-15/h3-11,17,21H,2,12-14H2,1H3. The lowest BCUT2D eigenvalue weighted by atomic mass is 10.1. The molecule has 130 valence electrons. The van der Waals surface area contributed by atoms with Crippen LogP contribution in [0.4, 0.5) is 0 Å². The highest BCUT2D eigenvalue weighted by atomic mass is 16.5. The number of hydrogen-bond acceptors (Lipinski definition) is 4. The Morgan fingerprint density at radius 2 is 1.80 bits per heavy atom. The molecule has 3 rings (SSSR count). The highest BCUT2D eigenvalue weighted by Crippen LogP contribution is 2.20. The second-order valence-corrected chi connectivity index (χ2v) is 5.98. The number of carbonyl (C=O) groups is 2. The van der Waals surface area contributed by atoms with Crippen molar-refractivity contribution in [1.82, 2.24) is 10.2 Å². The van der Waals surface area contributed by atoms with Crippen LogP contribution in [-0.2, 0) is 22.7 Å². The number of nitrogens with zero attached hydrogens (tertiary/aromatic N) is 1. The molecule has 0 spiro atoms. The zero-order valence-electron chi connectivity index (χ0n) is 14.3. The number of rotatable bonds is 7. The van der Waals surface area contributed by atoms with Crippen LogP contribution in [0.5, 0.6) is 5.75 Å². The summed E-state index contributed by atoms with van der Waals surface area (Å²) >= 11 is 0. The number of para-hydroxylation sites is 1.